The molecule has 2 saturated heterocycles. The van der Waals surface area contributed by atoms with E-state index in [1.807, 2.05) is 0 Å². The van der Waals surface area contributed by atoms with E-state index in [0.29, 0.717) is 0 Å². The van der Waals surface area contributed by atoms with Crippen molar-refractivity contribution in [1.29, 1.82) is 0 Å². The van der Waals surface area contributed by atoms with Gasteiger partial charge in [-0.3, -0.25) is 0 Å². The number of aliphatic hydroxyl groups excluding tert-OH is 7. The van der Waals surface area contributed by atoms with Gasteiger partial charge in [0.2, 0.25) is 0 Å². The minimum absolute atomic E-state index is 0.0728. The van der Waals surface area contributed by atoms with E-state index in [1.54, 1.807) is 0 Å². The van der Waals surface area contributed by atoms with E-state index < -0.39 is 68.1 Å². The van der Waals surface area contributed by atoms with Crippen molar-refractivity contribution in [3.63, 3.8) is 0 Å². The monoisotopic (exact) mass is 354 g/mol. The predicted molar refractivity (Wildman–Crippen MR) is 77.0 cm³/mol. The minimum Gasteiger partial charge on any atom is -0.394 e. The van der Waals surface area contributed by atoms with Gasteiger partial charge >= 0.3 is 0 Å². The van der Waals surface area contributed by atoms with Gasteiger partial charge in [-0.2, -0.15) is 0 Å². The number of hydrogen-bond acceptors (Lipinski definition) is 10. The summed E-state index contributed by atoms with van der Waals surface area (Å²) in [4.78, 5) is 0. The van der Waals surface area contributed by atoms with Crippen molar-refractivity contribution in [2.24, 2.45) is 0 Å². The van der Waals surface area contributed by atoms with Crippen LogP contribution in [-0.2, 0) is 14.2 Å². The van der Waals surface area contributed by atoms with Gasteiger partial charge in [0.25, 0.3) is 0 Å². The van der Waals surface area contributed by atoms with Gasteiger partial charge in [0.1, 0.15) is 42.2 Å². The summed E-state index contributed by atoms with van der Waals surface area (Å²) in [7, 11) is 0. The quantitative estimate of drug-likeness (QED) is 0.237. The molecule has 0 saturated carbocycles. The first-order chi connectivity index (χ1) is 11.4. The lowest BCUT2D eigenvalue weighted by atomic mass is 9.95. The van der Waals surface area contributed by atoms with Crippen LogP contribution < -0.4 is 0 Å². The molecule has 2 heterocycles. The first-order valence-electron chi connectivity index (χ1n) is 7.83. The highest BCUT2D eigenvalue weighted by Gasteiger charge is 2.47. The van der Waals surface area contributed by atoms with Gasteiger partial charge in [-0.1, -0.05) is 0 Å². The molecule has 24 heavy (non-hydrogen) atoms. The Balaban J connectivity index is 1.88. The molecule has 8 atom stereocenters. The summed E-state index contributed by atoms with van der Waals surface area (Å²) in [6.07, 6.45) is -8.02. The molecule has 142 valence electrons. The van der Waals surface area contributed by atoms with E-state index >= 15 is 0 Å². The van der Waals surface area contributed by atoms with Crippen molar-refractivity contribution in [2.45, 2.75) is 54.7 Å². The summed E-state index contributed by atoms with van der Waals surface area (Å²) < 4.78 is 16.1. The lowest BCUT2D eigenvalue weighted by molar-refractivity contribution is -0.242. The van der Waals surface area contributed by atoms with Gasteiger partial charge in [0.15, 0.2) is 0 Å². The third-order valence-electron chi connectivity index (χ3n) is 4.52. The molecule has 0 aromatic rings. The van der Waals surface area contributed by atoms with E-state index in [0.717, 1.165) is 0 Å². The maximum atomic E-state index is 9.91. The zero-order chi connectivity index (χ0) is 17.9. The molecule has 4 unspecified atom stereocenters. The molecule has 2 aliphatic rings. The Morgan fingerprint density at radius 3 is 2.04 bits per heavy atom. The normalized spacial score (nSPS) is 46.4. The maximum absolute atomic E-state index is 9.91. The standard InChI is InChI=1S/C14H26O10/c15-2-8-7(18)1-14(5-17,24-8)6-22-4-10-12(20)13(21)11(19)9(3-16)23-10/h7-13,15-21H,1-6H2/t7?,8-,9?,10-,11-,12?,13?,14+/m1/s1. The van der Waals surface area contributed by atoms with Crippen LogP contribution in [0.5, 0.6) is 0 Å². The fourth-order valence-corrected chi connectivity index (χ4v) is 3.04. The first kappa shape index (κ1) is 19.9. The predicted octanol–water partition coefficient (Wildman–Crippen LogP) is -4.28. The Hall–Kier alpha value is -0.400. The molecule has 0 bridgehead atoms. The minimum atomic E-state index is -1.49. The smallest absolute Gasteiger partial charge is 0.117 e. The molecule has 0 aromatic heterocycles. The number of hydrogen-bond donors (Lipinski definition) is 7. The fraction of sp³-hybridized carbons (Fsp3) is 1.00. The van der Waals surface area contributed by atoms with Crippen molar-refractivity contribution in [1.82, 2.24) is 0 Å². The van der Waals surface area contributed by atoms with Gasteiger partial charge < -0.3 is 50.0 Å². The van der Waals surface area contributed by atoms with Crippen molar-refractivity contribution in [2.75, 3.05) is 33.0 Å². The summed E-state index contributed by atoms with van der Waals surface area (Å²) in [5.41, 5.74) is -1.18. The lowest BCUT2D eigenvalue weighted by Gasteiger charge is -2.40. The van der Waals surface area contributed by atoms with E-state index in [9.17, 15) is 25.5 Å². The lowest BCUT2D eigenvalue weighted by Crippen LogP contribution is -2.59. The van der Waals surface area contributed by atoms with E-state index in [2.05, 4.69) is 0 Å². The molecule has 0 aromatic carbocycles. The van der Waals surface area contributed by atoms with Gasteiger partial charge in [-0.25, -0.2) is 0 Å². The molecule has 0 radical (unpaired) electrons. The molecule has 7 N–H and O–H groups in total. The molecule has 2 fully saturated rings. The van der Waals surface area contributed by atoms with Crippen LogP contribution in [-0.4, -0.2) is 117 Å². The molecule has 10 heteroatoms. The summed E-state index contributed by atoms with van der Waals surface area (Å²) >= 11 is 0. The van der Waals surface area contributed by atoms with Crippen molar-refractivity contribution < 1.29 is 50.0 Å². The molecule has 0 aliphatic carbocycles. The molecule has 2 aliphatic heterocycles. The van der Waals surface area contributed by atoms with E-state index in [4.69, 9.17) is 24.4 Å². The van der Waals surface area contributed by atoms with Crippen LogP contribution >= 0.6 is 0 Å². The van der Waals surface area contributed by atoms with Crippen LogP contribution in [0.25, 0.3) is 0 Å². The molecule has 10 nitrogen and oxygen atoms in total. The largest absolute Gasteiger partial charge is 0.394 e. The average Bonchev–Trinajstić information content (AvgIpc) is 2.91. The number of aliphatic hydroxyl groups is 7. The van der Waals surface area contributed by atoms with Crippen LogP contribution in [0.4, 0.5) is 0 Å². The van der Waals surface area contributed by atoms with Gasteiger partial charge in [0, 0.05) is 6.42 Å². The van der Waals surface area contributed by atoms with Crippen LogP contribution in [0.3, 0.4) is 0 Å². The Labute approximate surface area is 138 Å². The van der Waals surface area contributed by atoms with Crippen LogP contribution in [0.15, 0.2) is 0 Å². The SMILES string of the molecule is OCC1O[C@H](COC[C@@]2(CO)CC(O)[C@@H](CO)O2)C(O)C(O)[C@@H]1O. The van der Waals surface area contributed by atoms with Gasteiger partial charge in [-0.15, -0.1) is 0 Å². The highest BCUT2D eigenvalue weighted by molar-refractivity contribution is 4.95. The second-order valence-electron chi connectivity index (χ2n) is 6.33. The zero-order valence-electron chi connectivity index (χ0n) is 13.1. The molecule has 0 spiro atoms. The number of rotatable bonds is 7. The summed E-state index contributed by atoms with van der Waals surface area (Å²) in [5, 5.41) is 66.8. The Bertz CT molecular complexity index is 394. The molecular formula is C14H26O10. The van der Waals surface area contributed by atoms with E-state index in [-0.39, 0.29) is 19.6 Å². The maximum Gasteiger partial charge on any atom is 0.117 e. The molecule has 2 rings (SSSR count). The third-order valence-corrected chi connectivity index (χ3v) is 4.52. The summed E-state index contributed by atoms with van der Waals surface area (Å²) in [5.74, 6) is 0. The second kappa shape index (κ2) is 8.32. The summed E-state index contributed by atoms with van der Waals surface area (Å²) in [6.45, 7) is -1.68. The van der Waals surface area contributed by atoms with Crippen molar-refractivity contribution >= 4 is 0 Å². The fourth-order valence-electron chi connectivity index (χ4n) is 3.04. The van der Waals surface area contributed by atoms with Gasteiger partial charge in [0.05, 0.1) is 39.1 Å². The van der Waals surface area contributed by atoms with Crippen LogP contribution in [0.1, 0.15) is 6.42 Å². The van der Waals surface area contributed by atoms with E-state index in [1.165, 1.54) is 0 Å². The Morgan fingerprint density at radius 2 is 1.50 bits per heavy atom. The Morgan fingerprint density at radius 1 is 0.875 bits per heavy atom. The topological polar surface area (TPSA) is 169 Å². The highest BCUT2D eigenvalue weighted by Crippen LogP contribution is 2.31. The zero-order valence-corrected chi connectivity index (χ0v) is 13.1. The van der Waals surface area contributed by atoms with Gasteiger partial charge in [-0.05, 0) is 0 Å². The van der Waals surface area contributed by atoms with Crippen LogP contribution in [0.2, 0.25) is 0 Å². The second-order valence-corrected chi connectivity index (χ2v) is 6.33. The third kappa shape index (κ3) is 4.05. The molecule has 0 amide bonds. The average molecular weight is 354 g/mol. The highest BCUT2D eigenvalue weighted by atomic mass is 16.6. The summed E-state index contributed by atoms with van der Waals surface area (Å²) in [6, 6.07) is 0. The van der Waals surface area contributed by atoms with Crippen molar-refractivity contribution in [3.8, 4) is 0 Å². The molecular weight excluding hydrogens is 328 g/mol. The van der Waals surface area contributed by atoms with Crippen molar-refractivity contribution in [3.05, 3.63) is 0 Å². The Kier molecular flexibility index (Phi) is 6.90. The number of ether oxygens (including phenoxy) is 3. The first-order valence-corrected chi connectivity index (χ1v) is 7.83. The van der Waals surface area contributed by atoms with Crippen LogP contribution in [0, 0.1) is 0 Å².